The van der Waals surface area contributed by atoms with Crippen LogP contribution in [0, 0.1) is 11.3 Å². The third-order valence-electron chi connectivity index (χ3n) is 2.75. The lowest BCUT2D eigenvalue weighted by Crippen LogP contribution is -2.12. The topological polar surface area (TPSA) is 63.0 Å². The number of carbonyl (C=O) groups excluding carboxylic acids is 1. The van der Waals surface area contributed by atoms with Crippen molar-refractivity contribution < 1.29 is 9.53 Å². The van der Waals surface area contributed by atoms with Crippen LogP contribution in [0.3, 0.4) is 0 Å². The largest absolute Gasteiger partial charge is 0.497 e. The quantitative estimate of drug-likeness (QED) is 0.784. The first-order valence-electron chi connectivity index (χ1n) is 5.75. The van der Waals surface area contributed by atoms with Gasteiger partial charge in [-0.2, -0.15) is 5.26 Å². The Morgan fingerprint density at radius 2 is 2.00 bits per heavy atom. The lowest BCUT2D eigenvalue weighted by molar-refractivity contribution is 0.0977. The fourth-order valence-electron chi connectivity index (χ4n) is 1.73. The number of aromatic nitrogens is 1. The van der Waals surface area contributed by atoms with Gasteiger partial charge in [-0.05, 0) is 36.4 Å². The highest BCUT2D eigenvalue weighted by Crippen LogP contribution is 2.20. The Balaban J connectivity index is 2.29. The molecule has 0 fully saturated rings. The summed E-state index contributed by atoms with van der Waals surface area (Å²) in [4.78, 5) is 16.3. The molecule has 19 heavy (non-hydrogen) atoms. The second-order valence-corrected chi connectivity index (χ2v) is 3.91. The predicted octanol–water partition coefficient (Wildman–Crippen LogP) is 2.58. The summed E-state index contributed by atoms with van der Waals surface area (Å²) in [5, 5.41) is 9.18. The molecule has 4 nitrogen and oxygen atoms in total. The van der Waals surface area contributed by atoms with E-state index in [1.165, 1.54) is 0 Å². The highest BCUT2D eigenvalue weighted by molar-refractivity contribution is 6.02. The van der Waals surface area contributed by atoms with Crippen LogP contribution in [0.1, 0.15) is 22.0 Å². The van der Waals surface area contributed by atoms with E-state index in [-0.39, 0.29) is 5.78 Å². The molecule has 0 bridgehead atoms. The van der Waals surface area contributed by atoms with Gasteiger partial charge in [0.15, 0.2) is 11.7 Å². The Morgan fingerprint density at radius 3 is 2.53 bits per heavy atom. The van der Waals surface area contributed by atoms with Gasteiger partial charge in [-0.3, -0.25) is 9.78 Å². The molecular weight excluding hydrogens is 240 g/mol. The number of pyridine rings is 1. The minimum Gasteiger partial charge on any atom is -0.497 e. The number of benzene rings is 1. The van der Waals surface area contributed by atoms with Gasteiger partial charge in [0.2, 0.25) is 0 Å². The third kappa shape index (κ3) is 2.78. The molecule has 1 atom stereocenters. The van der Waals surface area contributed by atoms with Gasteiger partial charge < -0.3 is 4.74 Å². The molecule has 0 amide bonds. The zero-order valence-electron chi connectivity index (χ0n) is 10.4. The molecule has 2 rings (SSSR count). The van der Waals surface area contributed by atoms with Crippen molar-refractivity contribution in [2.24, 2.45) is 0 Å². The van der Waals surface area contributed by atoms with Crippen LogP contribution in [-0.2, 0) is 0 Å². The Kier molecular flexibility index (Phi) is 3.89. The zero-order chi connectivity index (χ0) is 13.7. The number of nitriles is 1. The van der Waals surface area contributed by atoms with Gasteiger partial charge in [0.05, 0.1) is 18.9 Å². The van der Waals surface area contributed by atoms with Crippen molar-refractivity contribution >= 4 is 5.78 Å². The monoisotopic (exact) mass is 252 g/mol. The molecule has 0 aliphatic heterocycles. The van der Waals surface area contributed by atoms with Crippen molar-refractivity contribution in [3.8, 4) is 11.8 Å². The fourth-order valence-corrected chi connectivity index (χ4v) is 1.73. The molecule has 1 aromatic carbocycles. The van der Waals surface area contributed by atoms with E-state index < -0.39 is 5.92 Å². The molecule has 0 aliphatic rings. The number of Topliss-reactive ketones (excluding diaryl/α,β-unsaturated/α-hetero) is 1. The number of methoxy groups -OCH3 is 1. The van der Waals surface area contributed by atoms with Crippen LogP contribution in [0.4, 0.5) is 0 Å². The van der Waals surface area contributed by atoms with E-state index in [9.17, 15) is 10.1 Å². The van der Waals surface area contributed by atoms with Gasteiger partial charge in [0, 0.05) is 11.8 Å². The van der Waals surface area contributed by atoms with Crippen LogP contribution in [0.5, 0.6) is 5.75 Å². The maximum atomic E-state index is 12.3. The van der Waals surface area contributed by atoms with E-state index in [0.717, 1.165) is 0 Å². The Morgan fingerprint density at radius 1 is 1.26 bits per heavy atom. The minimum atomic E-state index is -0.880. The second-order valence-electron chi connectivity index (χ2n) is 3.91. The smallest absolute Gasteiger partial charge is 0.186 e. The summed E-state index contributed by atoms with van der Waals surface area (Å²) in [7, 11) is 1.56. The number of rotatable bonds is 4. The van der Waals surface area contributed by atoms with E-state index >= 15 is 0 Å². The van der Waals surface area contributed by atoms with Gasteiger partial charge in [-0.1, -0.05) is 6.07 Å². The van der Waals surface area contributed by atoms with Crippen LogP contribution in [-0.4, -0.2) is 17.9 Å². The molecule has 1 heterocycles. The molecule has 1 aromatic heterocycles. The van der Waals surface area contributed by atoms with Gasteiger partial charge in [0.25, 0.3) is 0 Å². The average molecular weight is 252 g/mol. The maximum absolute atomic E-state index is 12.3. The van der Waals surface area contributed by atoms with Crippen molar-refractivity contribution in [3.63, 3.8) is 0 Å². The van der Waals surface area contributed by atoms with E-state index in [2.05, 4.69) is 4.98 Å². The molecule has 0 saturated carbocycles. The molecule has 0 aliphatic carbocycles. The highest BCUT2D eigenvalue weighted by Gasteiger charge is 2.22. The number of ether oxygens (including phenoxy) is 1. The highest BCUT2D eigenvalue weighted by atomic mass is 16.5. The van der Waals surface area contributed by atoms with E-state index in [1.807, 2.05) is 6.07 Å². The first-order chi connectivity index (χ1) is 9.26. The van der Waals surface area contributed by atoms with E-state index in [4.69, 9.17) is 4.74 Å². The first kappa shape index (κ1) is 12.8. The summed E-state index contributed by atoms with van der Waals surface area (Å²) >= 11 is 0. The van der Waals surface area contributed by atoms with Gasteiger partial charge in [-0.25, -0.2) is 0 Å². The van der Waals surface area contributed by atoms with Crippen LogP contribution in [0.2, 0.25) is 0 Å². The Labute approximate surface area is 111 Å². The molecular formula is C15H12N2O2. The maximum Gasteiger partial charge on any atom is 0.186 e. The number of hydrogen-bond acceptors (Lipinski definition) is 4. The average Bonchev–Trinajstić information content (AvgIpc) is 2.49. The summed E-state index contributed by atoms with van der Waals surface area (Å²) in [5.74, 6) is -0.471. The first-order valence-corrected chi connectivity index (χ1v) is 5.75. The standard InChI is InChI=1S/C15H12N2O2/c1-19-12-7-5-11(6-8-12)15(18)13(10-16)14-4-2-3-9-17-14/h2-9,13H,1H3. The Bertz CT molecular complexity index is 600. The molecule has 1 unspecified atom stereocenters. The minimum absolute atomic E-state index is 0.260. The Hall–Kier alpha value is -2.67. The molecule has 4 heteroatoms. The molecule has 0 saturated heterocycles. The predicted molar refractivity (Wildman–Crippen MR) is 69.9 cm³/mol. The summed E-state index contributed by atoms with van der Waals surface area (Å²) in [6.07, 6.45) is 1.57. The summed E-state index contributed by atoms with van der Waals surface area (Å²) in [6, 6.07) is 13.9. The van der Waals surface area contributed by atoms with Crippen molar-refractivity contribution in [1.82, 2.24) is 4.98 Å². The number of hydrogen-bond donors (Lipinski definition) is 0. The van der Waals surface area contributed by atoms with Gasteiger partial charge >= 0.3 is 0 Å². The van der Waals surface area contributed by atoms with E-state index in [0.29, 0.717) is 17.0 Å². The van der Waals surface area contributed by atoms with E-state index in [1.54, 1.807) is 55.8 Å². The van der Waals surface area contributed by atoms with Crippen molar-refractivity contribution in [3.05, 3.63) is 59.9 Å². The normalized spacial score (nSPS) is 11.4. The molecule has 0 N–H and O–H groups in total. The summed E-state index contributed by atoms with van der Waals surface area (Å²) in [5.41, 5.74) is 0.934. The summed E-state index contributed by atoms with van der Waals surface area (Å²) in [6.45, 7) is 0. The second kappa shape index (κ2) is 5.78. The van der Waals surface area contributed by atoms with Gasteiger partial charge in [0.1, 0.15) is 5.75 Å². The lowest BCUT2D eigenvalue weighted by atomic mass is 9.95. The third-order valence-corrected chi connectivity index (χ3v) is 2.75. The van der Waals surface area contributed by atoms with Crippen molar-refractivity contribution in [2.45, 2.75) is 5.92 Å². The van der Waals surface area contributed by atoms with Crippen molar-refractivity contribution in [1.29, 1.82) is 5.26 Å². The fraction of sp³-hybridized carbons (Fsp3) is 0.133. The molecule has 0 spiro atoms. The van der Waals surface area contributed by atoms with Crippen LogP contribution in [0.25, 0.3) is 0 Å². The van der Waals surface area contributed by atoms with Gasteiger partial charge in [-0.15, -0.1) is 0 Å². The molecule has 2 aromatic rings. The summed E-state index contributed by atoms with van der Waals surface area (Å²) < 4.78 is 5.03. The number of nitrogens with zero attached hydrogens (tertiary/aromatic N) is 2. The molecule has 94 valence electrons. The zero-order valence-corrected chi connectivity index (χ0v) is 10.4. The van der Waals surface area contributed by atoms with Crippen molar-refractivity contribution in [2.75, 3.05) is 7.11 Å². The van der Waals surface area contributed by atoms with Crippen LogP contribution < -0.4 is 4.74 Å². The number of carbonyl (C=O) groups is 1. The van der Waals surface area contributed by atoms with Crippen LogP contribution >= 0.6 is 0 Å². The molecule has 0 radical (unpaired) electrons. The SMILES string of the molecule is COc1ccc(C(=O)C(C#N)c2ccccn2)cc1. The number of ketones is 1. The van der Waals surface area contributed by atoms with Crippen LogP contribution in [0.15, 0.2) is 48.7 Å². The lowest BCUT2D eigenvalue weighted by Gasteiger charge is -2.08.